The van der Waals surface area contributed by atoms with Gasteiger partial charge in [0.15, 0.2) is 0 Å². The molecule has 2 N–H and O–H groups in total. The molecule has 5 heteroatoms. The van der Waals surface area contributed by atoms with Crippen molar-refractivity contribution in [1.82, 2.24) is 15.5 Å². The summed E-state index contributed by atoms with van der Waals surface area (Å²) in [5.74, 6) is 0.418. The zero-order valence-electron chi connectivity index (χ0n) is 13.4. The standard InChI is InChI=1S/C15H29N3O2/c1-10(2)8-13(19)17-14(11(3)4)15(20)18-7-6-16-12(5)9-18/h10-12,14,16H,6-9H2,1-5H3,(H,17,19). The van der Waals surface area contributed by atoms with E-state index in [1.807, 2.05) is 32.6 Å². The van der Waals surface area contributed by atoms with Crippen LogP contribution in [0.1, 0.15) is 41.0 Å². The molecule has 0 spiro atoms. The second-order valence-electron chi connectivity index (χ2n) is 6.53. The molecule has 0 aromatic carbocycles. The SMILES string of the molecule is CC(C)CC(=O)NC(C(=O)N1CCNC(C)C1)C(C)C. The number of hydrogen-bond donors (Lipinski definition) is 2. The van der Waals surface area contributed by atoms with Crippen molar-refractivity contribution in [3.8, 4) is 0 Å². The van der Waals surface area contributed by atoms with E-state index in [9.17, 15) is 9.59 Å². The number of rotatable bonds is 5. The monoisotopic (exact) mass is 283 g/mol. The molecule has 0 aliphatic carbocycles. The molecule has 0 bridgehead atoms. The molecule has 0 aromatic heterocycles. The summed E-state index contributed by atoms with van der Waals surface area (Å²) in [5, 5.41) is 6.23. The highest BCUT2D eigenvalue weighted by Gasteiger charge is 2.30. The molecule has 116 valence electrons. The largest absolute Gasteiger partial charge is 0.344 e. The van der Waals surface area contributed by atoms with Gasteiger partial charge in [0.2, 0.25) is 11.8 Å². The highest BCUT2D eigenvalue weighted by molar-refractivity contribution is 5.88. The lowest BCUT2D eigenvalue weighted by Crippen LogP contribution is -2.58. The van der Waals surface area contributed by atoms with E-state index in [1.165, 1.54) is 0 Å². The second kappa shape index (κ2) is 7.62. The molecule has 0 saturated carbocycles. The lowest BCUT2D eigenvalue weighted by atomic mass is 10.0. The highest BCUT2D eigenvalue weighted by Crippen LogP contribution is 2.10. The van der Waals surface area contributed by atoms with Crippen molar-refractivity contribution >= 4 is 11.8 Å². The van der Waals surface area contributed by atoms with Gasteiger partial charge in [0.05, 0.1) is 0 Å². The average molecular weight is 283 g/mol. The van der Waals surface area contributed by atoms with Gasteiger partial charge in [-0.25, -0.2) is 0 Å². The lowest BCUT2D eigenvalue weighted by Gasteiger charge is -2.35. The molecule has 2 atom stereocenters. The number of amides is 2. The minimum atomic E-state index is -0.411. The predicted molar refractivity (Wildman–Crippen MR) is 80.3 cm³/mol. The van der Waals surface area contributed by atoms with Crippen LogP contribution in [0.15, 0.2) is 0 Å². The topological polar surface area (TPSA) is 61.4 Å². The molecule has 1 rings (SSSR count). The first-order chi connectivity index (χ1) is 9.31. The molecule has 5 nitrogen and oxygen atoms in total. The fourth-order valence-electron chi connectivity index (χ4n) is 2.45. The van der Waals surface area contributed by atoms with Crippen LogP contribution in [-0.2, 0) is 9.59 Å². The molecule has 0 aromatic rings. The summed E-state index contributed by atoms with van der Waals surface area (Å²) in [6.07, 6.45) is 0.467. The molecule has 1 fully saturated rings. The third-order valence-electron chi connectivity index (χ3n) is 3.52. The number of carbonyl (C=O) groups excluding carboxylic acids is 2. The number of piperazine rings is 1. The van der Waals surface area contributed by atoms with Gasteiger partial charge in [-0.05, 0) is 18.8 Å². The highest BCUT2D eigenvalue weighted by atomic mass is 16.2. The number of hydrogen-bond acceptors (Lipinski definition) is 3. The van der Waals surface area contributed by atoms with Gasteiger partial charge in [-0.3, -0.25) is 9.59 Å². The first-order valence-corrected chi connectivity index (χ1v) is 7.62. The van der Waals surface area contributed by atoms with E-state index in [2.05, 4.69) is 17.6 Å². The summed E-state index contributed by atoms with van der Waals surface area (Å²) in [7, 11) is 0. The summed E-state index contributed by atoms with van der Waals surface area (Å²) >= 11 is 0. The summed E-state index contributed by atoms with van der Waals surface area (Å²) in [6, 6.07) is -0.0987. The van der Waals surface area contributed by atoms with Crippen LogP contribution in [0.3, 0.4) is 0 Å². The van der Waals surface area contributed by atoms with Crippen LogP contribution >= 0.6 is 0 Å². The van der Waals surface area contributed by atoms with Crippen molar-refractivity contribution in [2.45, 2.75) is 53.1 Å². The quantitative estimate of drug-likeness (QED) is 0.791. The van der Waals surface area contributed by atoms with Gasteiger partial charge in [-0.15, -0.1) is 0 Å². The lowest BCUT2D eigenvalue weighted by molar-refractivity contribution is -0.138. The molecular formula is C15H29N3O2. The maximum Gasteiger partial charge on any atom is 0.245 e. The predicted octanol–water partition coefficient (Wildman–Crippen LogP) is 0.994. The van der Waals surface area contributed by atoms with Crippen molar-refractivity contribution < 1.29 is 9.59 Å². The van der Waals surface area contributed by atoms with Crippen LogP contribution in [0.25, 0.3) is 0 Å². The zero-order chi connectivity index (χ0) is 15.3. The van der Waals surface area contributed by atoms with Crippen molar-refractivity contribution in [3.63, 3.8) is 0 Å². The third kappa shape index (κ3) is 5.12. The van der Waals surface area contributed by atoms with E-state index in [0.29, 0.717) is 31.5 Å². The van der Waals surface area contributed by atoms with Crippen LogP contribution in [-0.4, -0.2) is 48.4 Å². The molecule has 1 aliphatic heterocycles. The Kier molecular flexibility index (Phi) is 6.46. The summed E-state index contributed by atoms with van der Waals surface area (Å²) in [6.45, 7) is 12.3. The van der Waals surface area contributed by atoms with Gasteiger partial charge < -0.3 is 15.5 Å². The van der Waals surface area contributed by atoms with Crippen molar-refractivity contribution in [2.75, 3.05) is 19.6 Å². The molecule has 20 heavy (non-hydrogen) atoms. The van der Waals surface area contributed by atoms with Gasteiger partial charge in [0.1, 0.15) is 6.04 Å². The minimum Gasteiger partial charge on any atom is -0.344 e. The van der Waals surface area contributed by atoms with Gasteiger partial charge in [-0.2, -0.15) is 0 Å². The Morgan fingerprint density at radius 3 is 2.45 bits per heavy atom. The molecule has 0 radical (unpaired) electrons. The van der Waals surface area contributed by atoms with Crippen LogP contribution in [0.2, 0.25) is 0 Å². The van der Waals surface area contributed by atoms with E-state index >= 15 is 0 Å². The van der Waals surface area contributed by atoms with Gasteiger partial charge in [0.25, 0.3) is 0 Å². The van der Waals surface area contributed by atoms with E-state index < -0.39 is 6.04 Å². The van der Waals surface area contributed by atoms with Crippen molar-refractivity contribution in [3.05, 3.63) is 0 Å². The molecular weight excluding hydrogens is 254 g/mol. The first kappa shape index (κ1) is 17.0. The van der Waals surface area contributed by atoms with Crippen LogP contribution in [0.5, 0.6) is 0 Å². The molecule has 2 unspecified atom stereocenters. The number of carbonyl (C=O) groups is 2. The van der Waals surface area contributed by atoms with E-state index in [1.54, 1.807) is 0 Å². The van der Waals surface area contributed by atoms with Gasteiger partial charge in [-0.1, -0.05) is 27.7 Å². The zero-order valence-corrected chi connectivity index (χ0v) is 13.4. The first-order valence-electron chi connectivity index (χ1n) is 7.62. The smallest absolute Gasteiger partial charge is 0.245 e. The molecule has 1 heterocycles. The second-order valence-corrected chi connectivity index (χ2v) is 6.53. The number of nitrogens with one attached hydrogen (secondary N) is 2. The maximum atomic E-state index is 12.6. The minimum absolute atomic E-state index is 0.0322. The van der Waals surface area contributed by atoms with E-state index in [0.717, 1.165) is 6.54 Å². The van der Waals surface area contributed by atoms with Gasteiger partial charge >= 0.3 is 0 Å². The summed E-state index contributed by atoms with van der Waals surface area (Å²) < 4.78 is 0. The van der Waals surface area contributed by atoms with Crippen LogP contribution in [0, 0.1) is 11.8 Å². The normalized spacial score (nSPS) is 21.1. The van der Waals surface area contributed by atoms with Crippen LogP contribution < -0.4 is 10.6 Å². The maximum absolute atomic E-state index is 12.6. The Morgan fingerprint density at radius 1 is 1.30 bits per heavy atom. The Morgan fingerprint density at radius 2 is 1.95 bits per heavy atom. The van der Waals surface area contributed by atoms with Crippen molar-refractivity contribution in [1.29, 1.82) is 0 Å². The van der Waals surface area contributed by atoms with E-state index in [-0.39, 0.29) is 17.7 Å². The third-order valence-corrected chi connectivity index (χ3v) is 3.52. The average Bonchev–Trinajstić information content (AvgIpc) is 2.34. The molecule has 1 aliphatic rings. The van der Waals surface area contributed by atoms with E-state index in [4.69, 9.17) is 0 Å². The number of nitrogens with zero attached hydrogens (tertiary/aromatic N) is 1. The Bertz CT molecular complexity index is 342. The van der Waals surface area contributed by atoms with Gasteiger partial charge in [0, 0.05) is 32.1 Å². The Hall–Kier alpha value is -1.10. The summed E-state index contributed by atoms with van der Waals surface area (Å²) in [4.78, 5) is 26.4. The van der Waals surface area contributed by atoms with Crippen molar-refractivity contribution in [2.24, 2.45) is 11.8 Å². The summed E-state index contributed by atoms with van der Waals surface area (Å²) in [5.41, 5.74) is 0. The Balaban J connectivity index is 2.65. The fraction of sp³-hybridized carbons (Fsp3) is 0.867. The Labute approximate surface area is 122 Å². The van der Waals surface area contributed by atoms with Crippen LogP contribution in [0.4, 0.5) is 0 Å². The fourth-order valence-corrected chi connectivity index (χ4v) is 2.45. The molecule has 2 amide bonds. The molecule has 1 saturated heterocycles.